The summed E-state index contributed by atoms with van der Waals surface area (Å²) in [5.74, 6) is 0.252. The number of aromatic nitrogens is 1. The molecule has 0 fully saturated rings. The molecule has 0 saturated carbocycles. The second-order valence-electron chi connectivity index (χ2n) is 7.84. The van der Waals surface area contributed by atoms with Crippen LogP contribution in [0.25, 0.3) is 10.9 Å². The fourth-order valence-corrected chi connectivity index (χ4v) is 4.38. The fourth-order valence-electron chi connectivity index (χ4n) is 4.38. The monoisotopic (exact) mass is 405 g/mol. The van der Waals surface area contributed by atoms with Crippen molar-refractivity contribution in [2.24, 2.45) is 5.73 Å². The quantitative estimate of drug-likeness (QED) is 0.562. The van der Waals surface area contributed by atoms with Crippen LogP contribution < -0.4 is 15.8 Å². The van der Waals surface area contributed by atoms with Gasteiger partial charge in [-0.25, -0.2) is 0 Å². The van der Waals surface area contributed by atoms with Crippen molar-refractivity contribution in [1.82, 2.24) is 10.3 Å². The minimum atomic E-state index is -0.335. The molecule has 1 aliphatic rings. The van der Waals surface area contributed by atoms with Crippen LogP contribution in [-0.4, -0.2) is 23.9 Å². The van der Waals surface area contributed by atoms with Crippen molar-refractivity contribution < 1.29 is 14.3 Å². The minimum Gasteiger partial charge on any atom is -0.496 e. The number of nitrogens with one attached hydrogen (secondary N) is 2. The first-order chi connectivity index (χ1) is 14.6. The Morgan fingerprint density at radius 1 is 1.23 bits per heavy atom. The van der Waals surface area contributed by atoms with Crippen LogP contribution in [-0.2, 0) is 29.0 Å². The standard InChI is InChI=1S/C24H27N3O3/c1-30-21-13-18-20(12-16(21)10-11-22(25)28)27-19-9-5-8-17(23(18)19)24(29)26-14-15-6-3-2-4-7-15/h2-4,6-7,12-13,17,27H,5,8-11,14H2,1H3,(H2,25,28)(H,26,29). The number of hydrogen-bond acceptors (Lipinski definition) is 3. The Morgan fingerprint density at radius 2 is 2.03 bits per heavy atom. The van der Waals surface area contributed by atoms with E-state index in [1.807, 2.05) is 42.5 Å². The highest BCUT2D eigenvalue weighted by Crippen LogP contribution is 2.39. The number of aromatic amines is 1. The zero-order valence-electron chi connectivity index (χ0n) is 17.2. The third-order valence-corrected chi connectivity index (χ3v) is 5.86. The summed E-state index contributed by atoms with van der Waals surface area (Å²) in [7, 11) is 1.62. The van der Waals surface area contributed by atoms with Crippen LogP contribution in [0.1, 0.15) is 47.6 Å². The molecule has 0 bridgehead atoms. The van der Waals surface area contributed by atoms with Crippen LogP contribution in [0.4, 0.5) is 0 Å². The van der Waals surface area contributed by atoms with Crippen molar-refractivity contribution in [3.8, 4) is 5.75 Å². The summed E-state index contributed by atoms with van der Waals surface area (Å²) in [6.07, 6.45) is 3.51. The second kappa shape index (κ2) is 8.61. The van der Waals surface area contributed by atoms with E-state index in [0.717, 1.165) is 58.3 Å². The Labute approximate surface area is 175 Å². The molecular weight excluding hydrogens is 378 g/mol. The first-order valence-corrected chi connectivity index (χ1v) is 10.4. The third-order valence-electron chi connectivity index (χ3n) is 5.86. The molecule has 6 nitrogen and oxygen atoms in total. The van der Waals surface area contributed by atoms with Gasteiger partial charge in [-0.15, -0.1) is 0 Å². The van der Waals surface area contributed by atoms with Gasteiger partial charge in [0.05, 0.1) is 13.0 Å². The topological polar surface area (TPSA) is 97.2 Å². The highest BCUT2D eigenvalue weighted by molar-refractivity contribution is 5.94. The number of carbonyl (C=O) groups is 2. The highest BCUT2D eigenvalue weighted by atomic mass is 16.5. The van der Waals surface area contributed by atoms with Gasteiger partial charge in [-0.05, 0) is 54.5 Å². The summed E-state index contributed by atoms with van der Waals surface area (Å²) < 4.78 is 5.58. The smallest absolute Gasteiger partial charge is 0.227 e. The van der Waals surface area contributed by atoms with Gasteiger partial charge in [-0.3, -0.25) is 9.59 Å². The molecule has 1 aromatic heterocycles. The average molecular weight is 405 g/mol. The molecular formula is C24H27N3O3. The number of hydrogen-bond donors (Lipinski definition) is 3. The summed E-state index contributed by atoms with van der Waals surface area (Å²) in [6.45, 7) is 0.522. The maximum atomic E-state index is 13.1. The molecule has 4 rings (SSSR count). The van der Waals surface area contributed by atoms with Gasteiger partial charge in [0.25, 0.3) is 0 Å². The number of methoxy groups -OCH3 is 1. The molecule has 2 aromatic carbocycles. The van der Waals surface area contributed by atoms with E-state index in [1.165, 1.54) is 0 Å². The summed E-state index contributed by atoms with van der Waals surface area (Å²) >= 11 is 0. The number of carbonyl (C=O) groups excluding carboxylic acids is 2. The number of nitrogens with two attached hydrogens (primary N) is 1. The predicted octanol–water partition coefficient (Wildman–Crippen LogP) is 3.33. The van der Waals surface area contributed by atoms with Gasteiger partial charge >= 0.3 is 0 Å². The van der Waals surface area contributed by atoms with Crippen LogP contribution in [0.3, 0.4) is 0 Å². The van der Waals surface area contributed by atoms with Crippen LogP contribution >= 0.6 is 0 Å². The SMILES string of the molecule is COc1cc2c3c([nH]c2cc1CCC(N)=O)CCCC3C(=O)NCc1ccccc1. The number of aryl methyl sites for hydroxylation is 2. The van der Waals surface area contributed by atoms with Crippen molar-refractivity contribution >= 4 is 22.7 Å². The molecule has 0 aliphatic heterocycles. The number of primary amides is 1. The van der Waals surface area contributed by atoms with Gasteiger partial charge in [-0.2, -0.15) is 0 Å². The summed E-state index contributed by atoms with van der Waals surface area (Å²) in [5, 5.41) is 4.12. The molecule has 1 aliphatic carbocycles. The van der Waals surface area contributed by atoms with E-state index in [9.17, 15) is 9.59 Å². The van der Waals surface area contributed by atoms with Gasteiger partial charge in [0, 0.05) is 29.6 Å². The normalized spacial score (nSPS) is 15.6. The maximum Gasteiger partial charge on any atom is 0.227 e. The van der Waals surface area contributed by atoms with Gasteiger partial charge < -0.3 is 20.8 Å². The minimum absolute atomic E-state index is 0.0532. The van der Waals surface area contributed by atoms with Crippen LogP contribution in [0.2, 0.25) is 0 Å². The fraction of sp³-hybridized carbons (Fsp3) is 0.333. The number of amides is 2. The lowest BCUT2D eigenvalue weighted by Gasteiger charge is -2.22. The molecule has 6 heteroatoms. The van der Waals surface area contributed by atoms with Gasteiger partial charge in [0.15, 0.2) is 0 Å². The Balaban J connectivity index is 1.63. The Bertz CT molecular complexity index is 1070. The highest BCUT2D eigenvalue weighted by Gasteiger charge is 2.30. The zero-order valence-corrected chi connectivity index (χ0v) is 17.2. The lowest BCUT2D eigenvalue weighted by Crippen LogP contribution is -2.30. The number of H-pyrrole nitrogens is 1. The molecule has 0 saturated heterocycles. The summed E-state index contributed by atoms with van der Waals surface area (Å²) in [5.41, 5.74) is 10.5. The lowest BCUT2D eigenvalue weighted by atomic mass is 9.84. The molecule has 0 radical (unpaired) electrons. The van der Waals surface area contributed by atoms with Crippen molar-refractivity contribution in [2.45, 2.75) is 44.6 Å². The maximum absolute atomic E-state index is 13.1. The van der Waals surface area contributed by atoms with Crippen LogP contribution in [0.15, 0.2) is 42.5 Å². The number of ether oxygens (including phenoxy) is 1. The molecule has 0 spiro atoms. The van der Waals surface area contributed by atoms with E-state index < -0.39 is 0 Å². The first-order valence-electron chi connectivity index (χ1n) is 10.4. The largest absolute Gasteiger partial charge is 0.496 e. The molecule has 1 unspecified atom stereocenters. The summed E-state index contributed by atoms with van der Waals surface area (Å²) in [6, 6.07) is 13.9. The predicted molar refractivity (Wildman–Crippen MR) is 116 cm³/mol. The van der Waals surface area contributed by atoms with E-state index in [2.05, 4.69) is 10.3 Å². The molecule has 1 heterocycles. The molecule has 156 valence electrons. The van der Waals surface area contributed by atoms with Crippen LogP contribution in [0, 0.1) is 0 Å². The first kappa shape index (κ1) is 20.0. The van der Waals surface area contributed by atoms with E-state index >= 15 is 0 Å². The van der Waals surface area contributed by atoms with E-state index in [-0.39, 0.29) is 24.2 Å². The number of benzene rings is 2. The Hall–Kier alpha value is -3.28. The van der Waals surface area contributed by atoms with Crippen molar-refractivity contribution in [1.29, 1.82) is 0 Å². The van der Waals surface area contributed by atoms with Crippen molar-refractivity contribution in [3.63, 3.8) is 0 Å². The van der Waals surface area contributed by atoms with Crippen LogP contribution in [0.5, 0.6) is 5.75 Å². The molecule has 2 amide bonds. The van der Waals surface area contributed by atoms with E-state index in [4.69, 9.17) is 10.5 Å². The Kier molecular flexibility index (Phi) is 5.74. The molecule has 1 atom stereocenters. The number of rotatable bonds is 7. The molecule has 30 heavy (non-hydrogen) atoms. The van der Waals surface area contributed by atoms with Gasteiger partial charge in [0.1, 0.15) is 5.75 Å². The average Bonchev–Trinajstić information content (AvgIpc) is 3.13. The summed E-state index contributed by atoms with van der Waals surface area (Å²) in [4.78, 5) is 27.8. The van der Waals surface area contributed by atoms with E-state index in [0.29, 0.717) is 13.0 Å². The van der Waals surface area contributed by atoms with Gasteiger partial charge in [-0.1, -0.05) is 30.3 Å². The third kappa shape index (κ3) is 4.03. The van der Waals surface area contributed by atoms with E-state index in [1.54, 1.807) is 7.11 Å². The molecule has 3 aromatic rings. The zero-order chi connectivity index (χ0) is 21.1. The second-order valence-corrected chi connectivity index (χ2v) is 7.84. The number of fused-ring (bicyclic) bond motifs is 3. The Morgan fingerprint density at radius 3 is 2.77 bits per heavy atom. The van der Waals surface area contributed by atoms with Gasteiger partial charge in [0.2, 0.25) is 11.8 Å². The van der Waals surface area contributed by atoms with Crippen molar-refractivity contribution in [2.75, 3.05) is 7.11 Å². The lowest BCUT2D eigenvalue weighted by molar-refractivity contribution is -0.123. The molecule has 4 N–H and O–H groups in total. The van der Waals surface area contributed by atoms with Crippen molar-refractivity contribution in [3.05, 3.63) is 64.8 Å².